The van der Waals surface area contributed by atoms with E-state index in [-0.39, 0.29) is 6.04 Å². The molecule has 1 aliphatic heterocycles. The lowest BCUT2D eigenvalue weighted by atomic mass is 9.95. The molecule has 1 aliphatic rings. The molecule has 3 aromatic carbocycles. The molecule has 0 aromatic heterocycles. The second-order valence-electron chi connectivity index (χ2n) is 7.89. The Morgan fingerprint density at radius 3 is 2.27 bits per heavy atom. The summed E-state index contributed by atoms with van der Waals surface area (Å²) < 4.78 is 5.93. The fourth-order valence-corrected chi connectivity index (χ4v) is 4.17. The van der Waals surface area contributed by atoms with Gasteiger partial charge in [0.05, 0.1) is 6.04 Å². The molecule has 4 heteroatoms. The third-order valence-corrected chi connectivity index (χ3v) is 5.75. The van der Waals surface area contributed by atoms with Crippen LogP contribution in [0.2, 0.25) is 0 Å². The highest BCUT2D eigenvalue weighted by molar-refractivity contribution is 5.74. The molecule has 1 N–H and O–H groups in total. The normalized spacial score (nSPS) is 17.6. The summed E-state index contributed by atoms with van der Waals surface area (Å²) >= 11 is 0. The Hall–Kier alpha value is -3.11. The van der Waals surface area contributed by atoms with Gasteiger partial charge in [-0.15, -0.1) is 0 Å². The van der Waals surface area contributed by atoms with E-state index >= 15 is 0 Å². The molecule has 0 bridgehead atoms. The molecule has 2 unspecified atom stereocenters. The molecule has 1 fully saturated rings. The van der Waals surface area contributed by atoms with E-state index in [1.165, 1.54) is 5.56 Å². The Balaban J connectivity index is 1.58. The topological polar surface area (TPSA) is 49.8 Å². The van der Waals surface area contributed by atoms with Gasteiger partial charge in [-0.05, 0) is 48.6 Å². The Morgan fingerprint density at radius 1 is 1.00 bits per heavy atom. The first-order valence-electron chi connectivity index (χ1n) is 10.4. The molecule has 4 rings (SSSR count). The summed E-state index contributed by atoms with van der Waals surface area (Å²) in [6.07, 6.45) is 1.59. The van der Waals surface area contributed by atoms with Gasteiger partial charge < -0.3 is 9.84 Å². The smallest absolute Gasteiger partial charge is 0.320 e. The highest BCUT2D eigenvalue weighted by Gasteiger charge is 2.36. The van der Waals surface area contributed by atoms with Crippen LogP contribution in [-0.4, -0.2) is 28.6 Å². The Labute approximate surface area is 177 Å². The van der Waals surface area contributed by atoms with Crippen molar-refractivity contribution < 1.29 is 14.6 Å². The van der Waals surface area contributed by atoms with Crippen molar-refractivity contribution >= 4 is 5.97 Å². The third-order valence-electron chi connectivity index (χ3n) is 5.75. The summed E-state index contributed by atoms with van der Waals surface area (Å²) in [6, 6.07) is 26.0. The zero-order valence-corrected chi connectivity index (χ0v) is 17.2. The molecule has 1 heterocycles. The van der Waals surface area contributed by atoms with E-state index < -0.39 is 12.0 Å². The minimum absolute atomic E-state index is 0.0858. The predicted octanol–water partition coefficient (Wildman–Crippen LogP) is 5.21. The van der Waals surface area contributed by atoms with Crippen molar-refractivity contribution in [3.63, 3.8) is 0 Å². The molecule has 4 nitrogen and oxygen atoms in total. The van der Waals surface area contributed by atoms with Crippen LogP contribution < -0.4 is 4.74 Å². The summed E-state index contributed by atoms with van der Waals surface area (Å²) in [7, 11) is 0. The van der Waals surface area contributed by atoms with Crippen molar-refractivity contribution in [2.45, 2.75) is 38.5 Å². The molecular weight excluding hydrogens is 374 g/mol. The lowest BCUT2D eigenvalue weighted by molar-refractivity contribution is -0.142. The molecule has 30 heavy (non-hydrogen) atoms. The summed E-state index contributed by atoms with van der Waals surface area (Å²) in [5, 5.41) is 9.73. The number of benzene rings is 3. The fourth-order valence-electron chi connectivity index (χ4n) is 4.17. The van der Waals surface area contributed by atoms with Crippen molar-refractivity contribution in [3.05, 3.63) is 101 Å². The number of aryl methyl sites for hydroxylation is 1. The van der Waals surface area contributed by atoms with Gasteiger partial charge in [-0.3, -0.25) is 9.69 Å². The zero-order chi connectivity index (χ0) is 20.9. The number of aliphatic carboxylic acids is 1. The van der Waals surface area contributed by atoms with E-state index in [1.54, 1.807) is 0 Å². The largest absolute Gasteiger partial charge is 0.489 e. The molecule has 3 aromatic rings. The highest BCUT2D eigenvalue weighted by Crippen LogP contribution is 2.35. The van der Waals surface area contributed by atoms with E-state index in [0.717, 1.165) is 35.4 Å². The Kier molecular flexibility index (Phi) is 6.15. The van der Waals surface area contributed by atoms with E-state index in [1.807, 2.05) is 42.5 Å². The maximum Gasteiger partial charge on any atom is 0.320 e. The first kappa shape index (κ1) is 20.2. The number of hydrogen-bond acceptors (Lipinski definition) is 3. The highest BCUT2D eigenvalue weighted by atomic mass is 16.5. The maximum atomic E-state index is 11.8. The third kappa shape index (κ3) is 4.55. The van der Waals surface area contributed by atoms with Crippen LogP contribution in [-0.2, 0) is 11.4 Å². The van der Waals surface area contributed by atoms with Crippen LogP contribution in [0.1, 0.15) is 41.1 Å². The quantitative estimate of drug-likeness (QED) is 0.590. The lowest BCUT2D eigenvalue weighted by Gasteiger charge is -2.32. The fraction of sp³-hybridized carbons (Fsp3) is 0.269. The molecule has 0 amide bonds. The van der Waals surface area contributed by atoms with Crippen molar-refractivity contribution in [2.75, 3.05) is 6.54 Å². The van der Waals surface area contributed by atoms with Crippen LogP contribution in [0.4, 0.5) is 0 Å². The number of ether oxygens (including phenoxy) is 1. The summed E-state index contributed by atoms with van der Waals surface area (Å²) in [6.45, 7) is 3.37. The molecule has 0 radical (unpaired) electrons. The summed E-state index contributed by atoms with van der Waals surface area (Å²) in [4.78, 5) is 14.0. The molecule has 2 atom stereocenters. The second-order valence-corrected chi connectivity index (χ2v) is 7.89. The van der Waals surface area contributed by atoms with Gasteiger partial charge in [0.1, 0.15) is 18.4 Å². The predicted molar refractivity (Wildman–Crippen MR) is 118 cm³/mol. The van der Waals surface area contributed by atoms with Crippen molar-refractivity contribution in [1.29, 1.82) is 0 Å². The number of carbonyl (C=O) groups is 1. The number of carboxylic acid groups (broad SMARTS) is 1. The van der Waals surface area contributed by atoms with Gasteiger partial charge in [0, 0.05) is 6.54 Å². The van der Waals surface area contributed by atoms with Crippen LogP contribution >= 0.6 is 0 Å². The Morgan fingerprint density at radius 2 is 1.63 bits per heavy atom. The van der Waals surface area contributed by atoms with Crippen LogP contribution in [0.15, 0.2) is 78.9 Å². The van der Waals surface area contributed by atoms with Crippen molar-refractivity contribution in [3.8, 4) is 5.75 Å². The maximum absolute atomic E-state index is 11.8. The Bertz CT molecular complexity index is 967. The zero-order valence-electron chi connectivity index (χ0n) is 17.2. The van der Waals surface area contributed by atoms with Crippen LogP contribution in [0.25, 0.3) is 0 Å². The average molecular weight is 402 g/mol. The van der Waals surface area contributed by atoms with Gasteiger partial charge in [-0.25, -0.2) is 0 Å². The molecule has 1 saturated heterocycles. The van der Waals surface area contributed by atoms with Crippen LogP contribution in [0, 0.1) is 6.92 Å². The monoisotopic (exact) mass is 401 g/mol. The standard InChI is InChI=1S/C26H27NO3/c1-19-9-11-21(12-10-19)25(27-17-5-8-24(27)26(28)29)22-13-15-23(16-14-22)30-18-20-6-3-2-4-7-20/h2-4,6-7,9-16,24-25H,5,8,17-18H2,1H3,(H,28,29). The molecule has 0 spiro atoms. The van der Waals surface area contributed by atoms with Crippen LogP contribution in [0.5, 0.6) is 5.75 Å². The summed E-state index contributed by atoms with van der Waals surface area (Å²) in [5.41, 5.74) is 4.52. The van der Waals surface area contributed by atoms with E-state index in [4.69, 9.17) is 4.74 Å². The van der Waals surface area contributed by atoms with Gasteiger partial charge in [0.25, 0.3) is 0 Å². The molecule has 0 aliphatic carbocycles. The average Bonchev–Trinajstić information content (AvgIpc) is 3.25. The minimum atomic E-state index is -0.743. The minimum Gasteiger partial charge on any atom is -0.489 e. The second kappa shape index (κ2) is 9.14. The molecule has 0 saturated carbocycles. The summed E-state index contributed by atoms with van der Waals surface area (Å²) in [5.74, 6) is 0.0638. The lowest BCUT2D eigenvalue weighted by Crippen LogP contribution is -2.39. The number of hydrogen-bond donors (Lipinski definition) is 1. The van der Waals surface area contributed by atoms with Crippen LogP contribution in [0.3, 0.4) is 0 Å². The van der Waals surface area contributed by atoms with Gasteiger partial charge in [-0.2, -0.15) is 0 Å². The van der Waals surface area contributed by atoms with Gasteiger partial charge in [-0.1, -0.05) is 72.3 Å². The molecular formula is C26H27NO3. The SMILES string of the molecule is Cc1ccc(C(c2ccc(OCc3ccccc3)cc2)N2CCCC2C(=O)O)cc1. The first-order valence-corrected chi connectivity index (χ1v) is 10.4. The molecule has 154 valence electrons. The van der Waals surface area contributed by atoms with E-state index in [0.29, 0.717) is 13.0 Å². The van der Waals surface area contributed by atoms with E-state index in [2.05, 4.69) is 48.2 Å². The van der Waals surface area contributed by atoms with Crippen molar-refractivity contribution in [1.82, 2.24) is 4.90 Å². The van der Waals surface area contributed by atoms with Crippen molar-refractivity contribution in [2.24, 2.45) is 0 Å². The number of rotatable bonds is 7. The van der Waals surface area contributed by atoms with Gasteiger partial charge >= 0.3 is 5.97 Å². The first-order chi connectivity index (χ1) is 14.6. The van der Waals surface area contributed by atoms with Gasteiger partial charge in [0.15, 0.2) is 0 Å². The van der Waals surface area contributed by atoms with E-state index in [9.17, 15) is 9.90 Å². The van der Waals surface area contributed by atoms with Gasteiger partial charge in [0.2, 0.25) is 0 Å². The number of carboxylic acids is 1. The number of likely N-dealkylation sites (tertiary alicyclic amines) is 1. The number of nitrogens with zero attached hydrogens (tertiary/aromatic N) is 1.